The molecule has 2 saturated heterocycles. The number of nitrogens with zero attached hydrogens (tertiary/aromatic N) is 3. The summed E-state index contributed by atoms with van der Waals surface area (Å²) in [4.78, 5) is 8.91. The van der Waals surface area contributed by atoms with Crippen LogP contribution in [0, 0.1) is 6.92 Å². The van der Waals surface area contributed by atoms with E-state index in [0.29, 0.717) is 18.1 Å². The van der Waals surface area contributed by atoms with Crippen molar-refractivity contribution in [3.05, 3.63) is 58.6 Å². The zero-order valence-electron chi connectivity index (χ0n) is 23.7. The van der Waals surface area contributed by atoms with Crippen molar-refractivity contribution in [3.8, 4) is 0 Å². The average Bonchev–Trinajstić information content (AvgIpc) is 3.43. The molecule has 7 nitrogen and oxygen atoms in total. The third kappa shape index (κ3) is 5.07. The number of benzene rings is 1. The molecule has 0 bridgehead atoms. The lowest BCUT2D eigenvalue weighted by Gasteiger charge is -2.30. The van der Waals surface area contributed by atoms with Gasteiger partial charge in [0, 0.05) is 38.4 Å². The second-order valence-corrected chi connectivity index (χ2v) is 16.7. The highest BCUT2D eigenvalue weighted by molar-refractivity contribution is 6.59. The molecule has 4 atom stereocenters. The van der Waals surface area contributed by atoms with Gasteiger partial charge in [-0.15, -0.1) is 0 Å². The van der Waals surface area contributed by atoms with Crippen molar-refractivity contribution in [2.24, 2.45) is 0 Å². The van der Waals surface area contributed by atoms with E-state index in [1.807, 2.05) is 45.2 Å². The first-order valence-corrected chi connectivity index (χ1v) is 16.7. The summed E-state index contributed by atoms with van der Waals surface area (Å²) in [6.07, 6.45) is 3.31. The van der Waals surface area contributed by atoms with E-state index in [2.05, 4.69) is 54.5 Å². The monoisotopic (exact) mass is 557 g/mol. The van der Waals surface area contributed by atoms with Gasteiger partial charge in [0.25, 0.3) is 0 Å². The number of fused-ring (bicyclic) bond motifs is 2. The van der Waals surface area contributed by atoms with Crippen LogP contribution in [0.25, 0.3) is 11.0 Å². The molecule has 2 fully saturated rings. The number of hydrogen-bond donors (Lipinski definition) is 0. The van der Waals surface area contributed by atoms with Gasteiger partial charge in [0.1, 0.15) is 23.7 Å². The average molecular weight is 558 g/mol. The van der Waals surface area contributed by atoms with Gasteiger partial charge in [-0.25, -0.2) is 9.97 Å². The molecular formula is C29H40ClN3O4Si. The first-order valence-electron chi connectivity index (χ1n) is 13.5. The molecule has 2 aromatic heterocycles. The Morgan fingerprint density at radius 1 is 1.13 bits per heavy atom. The fraction of sp³-hybridized carbons (Fsp3) is 0.586. The number of aryl methyl sites for hydroxylation is 1. The molecule has 0 radical (unpaired) electrons. The molecule has 5 rings (SSSR count). The molecule has 38 heavy (non-hydrogen) atoms. The maximum Gasteiger partial charge on any atom is 0.165 e. The van der Waals surface area contributed by atoms with Gasteiger partial charge in [0.2, 0.25) is 0 Å². The molecule has 0 saturated carbocycles. The van der Waals surface area contributed by atoms with Gasteiger partial charge in [-0.05, 0) is 62.1 Å². The number of ether oxygens (including phenoxy) is 4. The molecule has 0 amide bonds. The van der Waals surface area contributed by atoms with Crippen molar-refractivity contribution in [3.63, 3.8) is 0 Å². The van der Waals surface area contributed by atoms with Gasteiger partial charge in [0.15, 0.2) is 12.0 Å². The summed E-state index contributed by atoms with van der Waals surface area (Å²) in [6.45, 7) is 18.6. The van der Waals surface area contributed by atoms with Crippen molar-refractivity contribution < 1.29 is 18.9 Å². The summed E-state index contributed by atoms with van der Waals surface area (Å²) in [6, 6.07) is 8.07. The minimum Gasteiger partial charge on any atom is -0.377 e. The molecule has 3 aromatic rings. The Morgan fingerprint density at radius 2 is 1.89 bits per heavy atom. The minimum atomic E-state index is -0.854. The highest BCUT2D eigenvalue weighted by Gasteiger charge is 2.64. The molecular weight excluding hydrogens is 518 g/mol. The van der Waals surface area contributed by atoms with Crippen LogP contribution in [-0.2, 0) is 32.0 Å². The standard InChI is InChI=1S/C29H40ClN3O4Si/c1-18-22-11-12-33(25(22)32-17-31-18)26-24-29(6,37-28(4,5)36-24)23(35-26)14-19-9-10-21(30)13-20(19)15-34-16-27(2,3)38(7)8/h9-13,17,23-24,26,38H,14-16H2,1-8H3/t23-,24+,26-,29-/m1/s1. The van der Waals surface area contributed by atoms with Crippen molar-refractivity contribution in [2.75, 3.05) is 6.61 Å². The highest BCUT2D eigenvalue weighted by Crippen LogP contribution is 2.51. The van der Waals surface area contributed by atoms with E-state index in [0.717, 1.165) is 34.5 Å². The van der Waals surface area contributed by atoms with Crippen molar-refractivity contribution in [1.29, 1.82) is 0 Å². The molecule has 0 N–H and O–H groups in total. The number of hydrogen-bond acceptors (Lipinski definition) is 6. The van der Waals surface area contributed by atoms with E-state index in [4.69, 9.17) is 30.5 Å². The molecule has 0 unspecified atom stereocenters. The lowest BCUT2D eigenvalue weighted by molar-refractivity contribution is -0.210. The number of aromatic nitrogens is 3. The molecule has 4 heterocycles. The first kappa shape index (κ1) is 27.7. The Morgan fingerprint density at radius 3 is 2.63 bits per heavy atom. The van der Waals surface area contributed by atoms with E-state index in [-0.39, 0.29) is 23.5 Å². The van der Waals surface area contributed by atoms with Crippen molar-refractivity contribution in [1.82, 2.24) is 14.5 Å². The predicted octanol–water partition coefficient (Wildman–Crippen LogP) is 6.23. The summed E-state index contributed by atoms with van der Waals surface area (Å²) in [5, 5.41) is 1.93. The third-order valence-electron chi connectivity index (χ3n) is 8.49. The number of halogens is 1. The van der Waals surface area contributed by atoms with Crippen LogP contribution in [0.15, 0.2) is 36.8 Å². The summed E-state index contributed by atoms with van der Waals surface area (Å²) < 4.78 is 28.1. The van der Waals surface area contributed by atoms with E-state index >= 15 is 0 Å². The van der Waals surface area contributed by atoms with Crippen LogP contribution in [0.5, 0.6) is 0 Å². The lowest BCUT2D eigenvalue weighted by Crippen LogP contribution is -2.44. The topological polar surface area (TPSA) is 67.6 Å². The van der Waals surface area contributed by atoms with E-state index in [1.165, 1.54) is 0 Å². The molecule has 2 aliphatic heterocycles. The van der Waals surface area contributed by atoms with Gasteiger partial charge in [-0.3, -0.25) is 0 Å². The third-order valence-corrected chi connectivity index (χ3v) is 12.0. The van der Waals surface area contributed by atoms with Crippen LogP contribution in [0.3, 0.4) is 0 Å². The Kier molecular flexibility index (Phi) is 7.29. The smallest absolute Gasteiger partial charge is 0.165 e. The van der Waals surface area contributed by atoms with Crippen LogP contribution in [0.2, 0.25) is 23.2 Å². The van der Waals surface area contributed by atoms with E-state index in [9.17, 15) is 0 Å². The Bertz CT molecular complexity index is 1330. The van der Waals surface area contributed by atoms with Gasteiger partial charge >= 0.3 is 0 Å². The summed E-state index contributed by atoms with van der Waals surface area (Å²) in [7, 11) is -0.854. The van der Waals surface area contributed by atoms with Crippen LogP contribution >= 0.6 is 11.6 Å². The van der Waals surface area contributed by atoms with E-state index in [1.54, 1.807) is 6.33 Å². The Balaban J connectivity index is 1.44. The predicted molar refractivity (Wildman–Crippen MR) is 152 cm³/mol. The maximum atomic E-state index is 6.78. The molecule has 0 aliphatic carbocycles. The van der Waals surface area contributed by atoms with Crippen LogP contribution in [0.4, 0.5) is 0 Å². The largest absolute Gasteiger partial charge is 0.377 e. The summed E-state index contributed by atoms with van der Waals surface area (Å²) >= 11 is 6.43. The van der Waals surface area contributed by atoms with Crippen molar-refractivity contribution >= 4 is 31.4 Å². The van der Waals surface area contributed by atoms with Crippen LogP contribution < -0.4 is 0 Å². The maximum absolute atomic E-state index is 6.78. The molecule has 206 valence electrons. The van der Waals surface area contributed by atoms with Crippen LogP contribution in [0.1, 0.15) is 57.7 Å². The second-order valence-electron chi connectivity index (χ2n) is 12.4. The summed E-state index contributed by atoms with van der Waals surface area (Å²) in [5.74, 6) is -0.730. The Labute approximate surface area is 232 Å². The first-order chi connectivity index (χ1) is 17.8. The second kappa shape index (κ2) is 9.98. The SMILES string of the molecule is Cc1ncnc2c1ccn2[C@@H]1O[C@H](Cc2ccc(Cl)cc2COCC(C)(C)[SiH](C)C)[C@@]2(C)OC(C)(C)O[C@@H]12. The fourth-order valence-corrected chi connectivity index (χ4v) is 6.13. The molecule has 0 spiro atoms. The quantitative estimate of drug-likeness (QED) is 0.306. The Hall–Kier alpha value is -1.81. The van der Waals surface area contributed by atoms with Gasteiger partial charge in [-0.1, -0.05) is 44.6 Å². The van der Waals surface area contributed by atoms with Gasteiger partial charge < -0.3 is 23.5 Å². The summed E-state index contributed by atoms with van der Waals surface area (Å²) in [5.41, 5.74) is 3.33. The zero-order valence-corrected chi connectivity index (χ0v) is 25.7. The number of rotatable bonds is 8. The van der Waals surface area contributed by atoms with Gasteiger partial charge in [0.05, 0.1) is 18.4 Å². The molecule has 1 aromatic carbocycles. The normalized spacial score (nSPS) is 26.9. The minimum absolute atomic E-state index is 0.225. The molecule has 2 aliphatic rings. The zero-order chi connectivity index (χ0) is 27.5. The highest BCUT2D eigenvalue weighted by atomic mass is 35.5. The lowest BCUT2D eigenvalue weighted by atomic mass is 9.89. The van der Waals surface area contributed by atoms with E-state index < -0.39 is 20.2 Å². The van der Waals surface area contributed by atoms with Gasteiger partial charge in [-0.2, -0.15) is 0 Å². The fourth-order valence-electron chi connectivity index (χ4n) is 5.48. The molecule has 9 heteroatoms. The van der Waals surface area contributed by atoms with Crippen molar-refractivity contribution in [2.45, 2.75) is 103 Å². The van der Waals surface area contributed by atoms with Crippen LogP contribution in [-0.4, -0.2) is 53.5 Å².